The van der Waals surface area contributed by atoms with Crippen molar-refractivity contribution in [2.45, 2.75) is 39.8 Å². The fraction of sp³-hybridized carbons (Fsp3) is 0.400. The summed E-state index contributed by atoms with van der Waals surface area (Å²) in [5.74, 6) is 0. The van der Waals surface area contributed by atoms with E-state index < -0.39 is 0 Å². The monoisotopic (exact) mass is 301 g/mol. The molecule has 3 aromatic heterocycles. The first kappa shape index (κ1) is 14.2. The minimum atomic E-state index is 0.241. The topological polar surface area (TPSA) is 55.1 Å². The first-order valence-corrected chi connectivity index (χ1v) is 7.96. The maximum Gasteiger partial charge on any atom is 0.155 e. The minimum absolute atomic E-state index is 0.241. The van der Waals surface area contributed by atoms with Crippen molar-refractivity contribution in [3.63, 3.8) is 0 Å². The molecule has 0 aliphatic heterocycles. The van der Waals surface area contributed by atoms with Crippen LogP contribution in [0.2, 0.25) is 0 Å². The summed E-state index contributed by atoms with van der Waals surface area (Å²) in [6.07, 6.45) is 6.94. The van der Waals surface area contributed by atoms with E-state index in [-0.39, 0.29) is 6.04 Å². The Morgan fingerprint density at radius 1 is 1.33 bits per heavy atom. The second kappa shape index (κ2) is 5.91. The third-order valence-electron chi connectivity index (χ3n) is 3.39. The summed E-state index contributed by atoms with van der Waals surface area (Å²) >= 11 is 1.78. The Morgan fingerprint density at radius 3 is 2.95 bits per heavy atom. The van der Waals surface area contributed by atoms with Crippen LogP contribution in [0.1, 0.15) is 41.0 Å². The molecule has 1 unspecified atom stereocenters. The molecule has 110 valence electrons. The van der Waals surface area contributed by atoms with E-state index in [2.05, 4.69) is 34.2 Å². The zero-order valence-corrected chi connectivity index (χ0v) is 13.3. The van der Waals surface area contributed by atoms with Gasteiger partial charge in [0.25, 0.3) is 0 Å². The quantitative estimate of drug-likeness (QED) is 0.787. The van der Waals surface area contributed by atoms with Gasteiger partial charge in [-0.2, -0.15) is 5.10 Å². The standard InChI is InChI=1S/C15H19N5S/c1-4-13-8-18-15(21-13)11(3)16-6-12-7-17-14-5-10(2)19-20(14)9-12/h5,7-9,11,16H,4,6H2,1-3H3. The predicted octanol–water partition coefficient (Wildman–Crippen LogP) is 2.91. The van der Waals surface area contributed by atoms with Crippen LogP contribution >= 0.6 is 11.3 Å². The Morgan fingerprint density at radius 2 is 2.19 bits per heavy atom. The average molecular weight is 301 g/mol. The Kier molecular flexibility index (Phi) is 3.98. The van der Waals surface area contributed by atoms with Gasteiger partial charge in [-0.25, -0.2) is 14.5 Å². The van der Waals surface area contributed by atoms with Crippen molar-refractivity contribution in [1.29, 1.82) is 0 Å². The van der Waals surface area contributed by atoms with Crippen LogP contribution in [-0.4, -0.2) is 19.6 Å². The van der Waals surface area contributed by atoms with Crippen molar-refractivity contribution in [2.24, 2.45) is 0 Å². The van der Waals surface area contributed by atoms with Crippen LogP contribution in [0.5, 0.6) is 0 Å². The van der Waals surface area contributed by atoms with Crippen LogP contribution in [0.4, 0.5) is 0 Å². The molecule has 0 fully saturated rings. The maximum absolute atomic E-state index is 4.48. The lowest BCUT2D eigenvalue weighted by atomic mass is 10.3. The molecule has 1 N–H and O–H groups in total. The zero-order chi connectivity index (χ0) is 14.8. The Labute approximate surface area is 128 Å². The summed E-state index contributed by atoms with van der Waals surface area (Å²) in [5, 5.41) is 9.02. The smallest absolute Gasteiger partial charge is 0.155 e. The lowest BCUT2D eigenvalue weighted by molar-refractivity contribution is 0.569. The van der Waals surface area contributed by atoms with E-state index in [1.54, 1.807) is 11.3 Å². The molecular weight excluding hydrogens is 282 g/mol. The minimum Gasteiger partial charge on any atom is -0.304 e. The highest BCUT2D eigenvalue weighted by Gasteiger charge is 2.10. The SMILES string of the molecule is CCc1cnc(C(C)NCc2cnc3cc(C)nn3c2)s1. The molecule has 0 amide bonds. The molecule has 3 heterocycles. The predicted molar refractivity (Wildman–Crippen MR) is 84.5 cm³/mol. The first-order valence-electron chi connectivity index (χ1n) is 7.14. The molecule has 5 nitrogen and oxygen atoms in total. The molecule has 3 rings (SSSR count). The van der Waals surface area contributed by atoms with Crippen LogP contribution < -0.4 is 5.32 Å². The number of hydrogen-bond acceptors (Lipinski definition) is 5. The second-order valence-corrected chi connectivity index (χ2v) is 6.32. The van der Waals surface area contributed by atoms with Gasteiger partial charge in [0.2, 0.25) is 0 Å². The van der Waals surface area contributed by atoms with Crippen molar-refractivity contribution in [2.75, 3.05) is 0 Å². The van der Waals surface area contributed by atoms with Gasteiger partial charge >= 0.3 is 0 Å². The van der Waals surface area contributed by atoms with Crippen LogP contribution in [0.15, 0.2) is 24.7 Å². The highest BCUT2D eigenvalue weighted by molar-refractivity contribution is 7.11. The van der Waals surface area contributed by atoms with Crippen molar-refractivity contribution in [3.8, 4) is 0 Å². The zero-order valence-electron chi connectivity index (χ0n) is 12.5. The van der Waals surface area contributed by atoms with Crippen molar-refractivity contribution in [3.05, 3.63) is 45.8 Å². The van der Waals surface area contributed by atoms with Crippen LogP contribution in [-0.2, 0) is 13.0 Å². The first-order chi connectivity index (χ1) is 10.2. The van der Waals surface area contributed by atoms with Crippen molar-refractivity contribution >= 4 is 17.0 Å². The van der Waals surface area contributed by atoms with E-state index in [1.165, 1.54) is 4.88 Å². The average Bonchev–Trinajstić information content (AvgIpc) is 3.09. The molecule has 0 aromatic carbocycles. The second-order valence-electron chi connectivity index (χ2n) is 5.17. The summed E-state index contributed by atoms with van der Waals surface area (Å²) in [6, 6.07) is 2.21. The van der Waals surface area contributed by atoms with Gasteiger partial charge in [0.15, 0.2) is 5.65 Å². The third-order valence-corrected chi connectivity index (χ3v) is 4.72. The van der Waals surface area contributed by atoms with Gasteiger partial charge < -0.3 is 5.32 Å². The number of hydrogen-bond donors (Lipinski definition) is 1. The highest BCUT2D eigenvalue weighted by Crippen LogP contribution is 2.20. The van der Waals surface area contributed by atoms with Gasteiger partial charge in [-0.15, -0.1) is 11.3 Å². The number of aryl methyl sites for hydroxylation is 2. The van der Waals surface area contributed by atoms with Crippen molar-refractivity contribution in [1.82, 2.24) is 24.9 Å². The molecule has 0 bridgehead atoms. The number of nitrogens with one attached hydrogen (secondary N) is 1. The van der Waals surface area contributed by atoms with Gasteiger partial charge in [-0.3, -0.25) is 0 Å². The summed E-state index contributed by atoms with van der Waals surface area (Å²) in [5.41, 5.74) is 2.98. The Balaban J connectivity index is 1.67. The third kappa shape index (κ3) is 3.11. The van der Waals surface area contributed by atoms with Gasteiger partial charge in [0.1, 0.15) is 5.01 Å². The molecule has 1 atom stereocenters. The number of rotatable bonds is 5. The van der Waals surface area contributed by atoms with Gasteiger partial charge in [0, 0.05) is 41.6 Å². The molecule has 0 saturated heterocycles. The Bertz CT molecular complexity index is 745. The van der Waals surface area contributed by atoms with E-state index in [9.17, 15) is 0 Å². The molecule has 6 heteroatoms. The fourth-order valence-corrected chi connectivity index (χ4v) is 3.05. The number of fused-ring (bicyclic) bond motifs is 1. The molecular formula is C15H19N5S. The van der Waals surface area contributed by atoms with E-state index >= 15 is 0 Å². The fourth-order valence-electron chi connectivity index (χ4n) is 2.17. The summed E-state index contributed by atoms with van der Waals surface area (Å²) in [7, 11) is 0. The Hall–Kier alpha value is -1.79. The molecule has 0 aliphatic rings. The van der Waals surface area contributed by atoms with Crippen LogP contribution in [0, 0.1) is 6.92 Å². The van der Waals surface area contributed by atoms with Crippen molar-refractivity contribution < 1.29 is 0 Å². The normalized spacial score (nSPS) is 12.9. The molecule has 0 spiro atoms. The number of aromatic nitrogens is 4. The van der Waals surface area contributed by atoms with E-state index in [4.69, 9.17) is 0 Å². The maximum atomic E-state index is 4.48. The van der Waals surface area contributed by atoms with E-state index in [0.717, 1.165) is 34.9 Å². The molecule has 0 aliphatic carbocycles. The summed E-state index contributed by atoms with van der Waals surface area (Å²) < 4.78 is 1.83. The molecule has 3 aromatic rings. The van der Waals surface area contributed by atoms with Gasteiger partial charge in [-0.1, -0.05) is 6.92 Å². The van der Waals surface area contributed by atoms with E-state index in [0.29, 0.717) is 0 Å². The molecule has 21 heavy (non-hydrogen) atoms. The molecule has 0 radical (unpaired) electrons. The summed E-state index contributed by atoms with van der Waals surface area (Å²) in [6.45, 7) is 7.02. The number of nitrogens with zero attached hydrogens (tertiary/aromatic N) is 4. The van der Waals surface area contributed by atoms with Gasteiger partial charge in [0.05, 0.1) is 11.7 Å². The molecule has 0 saturated carbocycles. The highest BCUT2D eigenvalue weighted by atomic mass is 32.1. The summed E-state index contributed by atoms with van der Waals surface area (Å²) in [4.78, 5) is 10.2. The van der Waals surface area contributed by atoms with E-state index in [1.807, 2.05) is 36.1 Å². The lowest BCUT2D eigenvalue weighted by Crippen LogP contribution is -2.18. The number of thiazole rings is 1. The van der Waals surface area contributed by atoms with Crippen LogP contribution in [0.3, 0.4) is 0 Å². The lowest BCUT2D eigenvalue weighted by Gasteiger charge is -2.10. The largest absolute Gasteiger partial charge is 0.304 e. The van der Waals surface area contributed by atoms with Crippen LogP contribution in [0.25, 0.3) is 5.65 Å². The van der Waals surface area contributed by atoms with Gasteiger partial charge in [-0.05, 0) is 20.3 Å².